The lowest BCUT2D eigenvalue weighted by Gasteiger charge is -2.14. The highest BCUT2D eigenvalue weighted by atomic mass is 16.6. The minimum atomic E-state index is 0.596. The van der Waals surface area contributed by atoms with Gasteiger partial charge in [-0.3, -0.25) is 0 Å². The van der Waals surface area contributed by atoms with Gasteiger partial charge in [-0.05, 0) is 26.7 Å². The van der Waals surface area contributed by atoms with Gasteiger partial charge in [-0.1, -0.05) is 18.1 Å². The smallest absolute Gasteiger partial charge is 0.0904 e. The van der Waals surface area contributed by atoms with E-state index in [1.807, 2.05) is 0 Å². The number of hydrogen-bond donors (Lipinski definition) is 0. The lowest BCUT2D eigenvalue weighted by atomic mass is 9.88. The Balaban J connectivity index is 1.98. The molecule has 1 aliphatic heterocycles. The van der Waals surface area contributed by atoms with Crippen molar-refractivity contribution in [2.45, 2.75) is 45.3 Å². The van der Waals surface area contributed by atoms with E-state index in [9.17, 15) is 0 Å². The third kappa shape index (κ3) is 1.48. The third-order valence-corrected chi connectivity index (χ3v) is 2.62. The molecule has 3 unspecified atom stereocenters. The molecular weight excluding hydrogens is 136 g/mol. The summed E-state index contributed by atoms with van der Waals surface area (Å²) in [5, 5.41) is 0. The van der Waals surface area contributed by atoms with Gasteiger partial charge < -0.3 is 4.74 Å². The number of fused-ring (bicyclic) bond motifs is 1. The number of ether oxygens (including phenoxy) is 1. The second-order valence-electron chi connectivity index (χ2n) is 3.98. The van der Waals surface area contributed by atoms with Crippen LogP contribution in [0.2, 0.25) is 0 Å². The minimum absolute atomic E-state index is 0.596. The Morgan fingerprint density at radius 2 is 2.18 bits per heavy atom. The highest BCUT2D eigenvalue weighted by Crippen LogP contribution is 2.41. The second kappa shape index (κ2) is 2.63. The molecule has 0 spiro atoms. The molecule has 1 saturated heterocycles. The lowest BCUT2D eigenvalue weighted by molar-refractivity contribution is 0.350. The van der Waals surface area contributed by atoms with Crippen molar-refractivity contribution in [2.75, 3.05) is 0 Å². The van der Waals surface area contributed by atoms with Crippen LogP contribution < -0.4 is 0 Å². The van der Waals surface area contributed by atoms with Crippen molar-refractivity contribution in [3.63, 3.8) is 0 Å². The Morgan fingerprint density at radius 3 is 2.91 bits per heavy atom. The van der Waals surface area contributed by atoms with Gasteiger partial charge in [0, 0.05) is 5.92 Å². The molecule has 1 saturated carbocycles. The molecule has 1 nitrogen and oxygen atoms in total. The van der Waals surface area contributed by atoms with E-state index in [4.69, 9.17) is 4.74 Å². The number of allylic oxidation sites excluding steroid dienone is 1. The number of epoxide rings is 1. The van der Waals surface area contributed by atoms with Gasteiger partial charge in [0.1, 0.15) is 0 Å². The molecule has 1 aliphatic carbocycles. The maximum absolute atomic E-state index is 5.55. The van der Waals surface area contributed by atoms with Crippen LogP contribution in [0, 0.1) is 5.92 Å². The second-order valence-corrected chi connectivity index (χ2v) is 3.98. The Hall–Kier alpha value is -0.300. The predicted molar refractivity (Wildman–Crippen MR) is 45.4 cm³/mol. The SMILES string of the molecule is CC(C)=CC1CCCC2OC12. The van der Waals surface area contributed by atoms with E-state index in [1.165, 1.54) is 24.8 Å². The first kappa shape index (κ1) is 7.35. The molecule has 0 aromatic heterocycles. The van der Waals surface area contributed by atoms with Crippen LogP contribution in [0.5, 0.6) is 0 Å². The topological polar surface area (TPSA) is 12.5 Å². The van der Waals surface area contributed by atoms with E-state index in [2.05, 4.69) is 19.9 Å². The molecule has 2 fully saturated rings. The molecule has 3 atom stereocenters. The Kier molecular flexibility index (Phi) is 1.76. The van der Waals surface area contributed by atoms with Crippen molar-refractivity contribution in [3.8, 4) is 0 Å². The van der Waals surface area contributed by atoms with Gasteiger partial charge in [-0.2, -0.15) is 0 Å². The Labute approximate surface area is 68.4 Å². The van der Waals surface area contributed by atoms with Crippen molar-refractivity contribution < 1.29 is 4.74 Å². The average Bonchev–Trinajstić information content (AvgIpc) is 2.65. The van der Waals surface area contributed by atoms with E-state index in [1.54, 1.807) is 0 Å². The predicted octanol–water partition coefficient (Wildman–Crippen LogP) is 2.52. The summed E-state index contributed by atoms with van der Waals surface area (Å²) in [6.07, 6.45) is 7.60. The molecule has 1 heteroatoms. The van der Waals surface area contributed by atoms with Crippen LogP contribution in [0.25, 0.3) is 0 Å². The monoisotopic (exact) mass is 152 g/mol. The van der Waals surface area contributed by atoms with Crippen LogP contribution in [0.1, 0.15) is 33.1 Å². The maximum atomic E-state index is 5.55. The molecule has 1 heterocycles. The standard InChI is InChI=1S/C10H16O/c1-7(2)6-8-4-3-5-9-10(8)11-9/h6,8-10H,3-5H2,1-2H3. The maximum Gasteiger partial charge on any atom is 0.0904 e. The molecular formula is C10H16O. The van der Waals surface area contributed by atoms with E-state index in [0.717, 1.165) is 5.92 Å². The summed E-state index contributed by atoms with van der Waals surface area (Å²) < 4.78 is 5.55. The number of hydrogen-bond acceptors (Lipinski definition) is 1. The summed E-state index contributed by atoms with van der Waals surface area (Å²) in [6.45, 7) is 4.35. The van der Waals surface area contributed by atoms with Gasteiger partial charge in [0.15, 0.2) is 0 Å². The first-order valence-corrected chi connectivity index (χ1v) is 4.58. The molecule has 0 aromatic rings. The summed E-state index contributed by atoms with van der Waals surface area (Å²) >= 11 is 0. The van der Waals surface area contributed by atoms with Gasteiger partial charge in [0.05, 0.1) is 12.2 Å². The van der Waals surface area contributed by atoms with Gasteiger partial charge in [-0.25, -0.2) is 0 Å². The third-order valence-electron chi connectivity index (χ3n) is 2.62. The largest absolute Gasteiger partial charge is 0.369 e. The van der Waals surface area contributed by atoms with E-state index in [0.29, 0.717) is 12.2 Å². The molecule has 2 rings (SSSR count). The summed E-state index contributed by atoms with van der Waals surface area (Å²) in [5.41, 5.74) is 1.44. The first-order chi connectivity index (χ1) is 5.27. The van der Waals surface area contributed by atoms with E-state index >= 15 is 0 Å². The van der Waals surface area contributed by atoms with Crippen LogP contribution in [0.3, 0.4) is 0 Å². The molecule has 0 bridgehead atoms. The fraction of sp³-hybridized carbons (Fsp3) is 0.800. The molecule has 11 heavy (non-hydrogen) atoms. The van der Waals surface area contributed by atoms with Crippen LogP contribution >= 0.6 is 0 Å². The molecule has 2 aliphatic rings. The Bertz CT molecular complexity index is 179. The molecule has 0 aromatic carbocycles. The zero-order valence-corrected chi connectivity index (χ0v) is 7.34. The van der Waals surface area contributed by atoms with Crippen molar-refractivity contribution in [3.05, 3.63) is 11.6 Å². The highest BCUT2D eigenvalue weighted by molar-refractivity contribution is 5.07. The molecule has 0 radical (unpaired) electrons. The van der Waals surface area contributed by atoms with Gasteiger partial charge >= 0.3 is 0 Å². The van der Waals surface area contributed by atoms with E-state index in [-0.39, 0.29) is 0 Å². The van der Waals surface area contributed by atoms with Crippen molar-refractivity contribution in [1.29, 1.82) is 0 Å². The first-order valence-electron chi connectivity index (χ1n) is 4.58. The lowest BCUT2D eigenvalue weighted by Crippen LogP contribution is -2.14. The zero-order chi connectivity index (χ0) is 7.84. The highest BCUT2D eigenvalue weighted by Gasteiger charge is 2.45. The molecule has 0 amide bonds. The summed E-state index contributed by atoms with van der Waals surface area (Å²) in [4.78, 5) is 0. The van der Waals surface area contributed by atoms with Crippen LogP contribution in [0.15, 0.2) is 11.6 Å². The normalized spacial score (nSPS) is 41.1. The van der Waals surface area contributed by atoms with Gasteiger partial charge in [0.25, 0.3) is 0 Å². The van der Waals surface area contributed by atoms with Crippen molar-refractivity contribution in [2.24, 2.45) is 5.92 Å². The average molecular weight is 152 g/mol. The van der Waals surface area contributed by atoms with Crippen LogP contribution in [0.4, 0.5) is 0 Å². The fourth-order valence-electron chi connectivity index (χ4n) is 2.09. The zero-order valence-electron chi connectivity index (χ0n) is 7.34. The molecule has 62 valence electrons. The van der Waals surface area contributed by atoms with Gasteiger partial charge in [-0.15, -0.1) is 0 Å². The Morgan fingerprint density at radius 1 is 1.36 bits per heavy atom. The minimum Gasteiger partial charge on any atom is -0.369 e. The molecule has 0 N–H and O–H groups in total. The van der Waals surface area contributed by atoms with Crippen molar-refractivity contribution >= 4 is 0 Å². The fourth-order valence-corrected chi connectivity index (χ4v) is 2.09. The summed E-state index contributed by atoms with van der Waals surface area (Å²) in [5.74, 6) is 0.735. The summed E-state index contributed by atoms with van der Waals surface area (Å²) in [7, 11) is 0. The van der Waals surface area contributed by atoms with Gasteiger partial charge in [0.2, 0.25) is 0 Å². The van der Waals surface area contributed by atoms with Crippen molar-refractivity contribution in [1.82, 2.24) is 0 Å². The summed E-state index contributed by atoms with van der Waals surface area (Å²) in [6, 6.07) is 0. The van der Waals surface area contributed by atoms with E-state index < -0.39 is 0 Å². The quantitative estimate of drug-likeness (QED) is 0.415. The van der Waals surface area contributed by atoms with Crippen LogP contribution in [-0.2, 0) is 4.74 Å². The number of rotatable bonds is 1. The van der Waals surface area contributed by atoms with Crippen LogP contribution in [-0.4, -0.2) is 12.2 Å².